The molecule has 1 N–H and O–H groups in total. The molecule has 0 bridgehead atoms. The monoisotopic (exact) mass is 504 g/mol. The fraction of sp³-hybridized carbons (Fsp3) is 0.222. The quantitative estimate of drug-likeness (QED) is 0.383. The Morgan fingerprint density at radius 2 is 1.91 bits per heavy atom. The molecule has 2 aromatic carbocycles. The van der Waals surface area contributed by atoms with Gasteiger partial charge in [0.2, 0.25) is 5.91 Å². The van der Waals surface area contributed by atoms with Crippen molar-refractivity contribution in [2.45, 2.75) is 39.4 Å². The summed E-state index contributed by atoms with van der Waals surface area (Å²) in [4.78, 5) is 30.3. The molecule has 4 aromatic rings. The summed E-state index contributed by atoms with van der Waals surface area (Å²) in [7, 11) is 0. The number of rotatable bonds is 5. The molecule has 5 rings (SSSR count). The summed E-state index contributed by atoms with van der Waals surface area (Å²) in [5.41, 5.74) is 3.60. The van der Waals surface area contributed by atoms with Crippen molar-refractivity contribution in [2.24, 2.45) is 0 Å². The highest BCUT2D eigenvalue weighted by molar-refractivity contribution is 7.13. The van der Waals surface area contributed by atoms with Gasteiger partial charge in [0.1, 0.15) is 16.9 Å². The van der Waals surface area contributed by atoms with Crippen LogP contribution in [0.3, 0.4) is 0 Å². The van der Waals surface area contributed by atoms with E-state index in [2.05, 4.69) is 5.32 Å². The lowest BCUT2D eigenvalue weighted by Crippen LogP contribution is -2.64. The number of aryl methyl sites for hydroxylation is 2. The van der Waals surface area contributed by atoms with Gasteiger partial charge in [0.15, 0.2) is 0 Å². The number of amides is 2. The van der Waals surface area contributed by atoms with Crippen LogP contribution in [0.2, 0.25) is 5.02 Å². The van der Waals surface area contributed by atoms with Crippen molar-refractivity contribution >= 4 is 40.4 Å². The molecule has 1 aliphatic heterocycles. The highest BCUT2D eigenvalue weighted by atomic mass is 35.5. The summed E-state index contributed by atoms with van der Waals surface area (Å²) in [6.07, 6.45) is 0. The van der Waals surface area contributed by atoms with Crippen molar-refractivity contribution in [1.82, 2.24) is 15.1 Å². The van der Waals surface area contributed by atoms with E-state index in [-0.39, 0.29) is 18.4 Å². The fourth-order valence-corrected chi connectivity index (χ4v) is 5.25. The molecule has 8 heteroatoms. The lowest BCUT2D eigenvalue weighted by atomic mass is 9.92. The van der Waals surface area contributed by atoms with Gasteiger partial charge in [0, 0.05) is 17.3 Å². The Hall–Kier alpha value is -3.42. The normalized spacial score (nSPS) is 17.4. The molecule has 0 unspecified atom stereocenters. The summed E-state index contributed by atoms with van der Waals surface area (Å²) in [6, 6.07) is 19.0. The van der Waals surface area contributed by atoms with Crippen LogP contribution in [-0.4, -0.2) is 27.1 Å². The van der Waals surface area contributed by atoms with Gasteiger partial charge in [-0.05, 0) is 73.2 Å². The molecule has 2 aromatic heterocycles. The van der Waals surface area contributed by atoms with Crippen LogP contribution < -0.4 is 10.2 Å². The Morgan fingerprint density at radius 1 is 1.14 bits per heavy atom. The average Bonchev–Trinajstić information content (AvgIpc) is 3.51. The Bertz CT molecular complexity index is 1410. The van der Waals surface area contributed by atoms with Crippen LogP contribution in [0.15, 0.2) is 66.0 Å². The van der Waals surface area contributed by atoms with Crippen molar-refractivity contribution in [3.05, 3.63) is 93.5 Å². The zero-order chi connectivity index (χ0) is 24.7. The Kier molecular flexibility index (Phi) is 5.99. The van der Waals surface area contributed by atoms with Gasteiger partial charge in [-0.15, -0.1) is 11.3 Å². The third kappa shape index (κ3) is 4.26. The molecular weight excluding hydrogens is 480 g/mol. The van der Waals surface area contributed by atoms with Crippen molar-refractivity contribution in [3.63, 3.8) is 0 Å². The molecule has 0 radical (unpaired) electrons. The van der Waals surface area contributed by atoms with E-state index < -0.39 is 5.54 Å². The summed E-state index contributed by atoms with van der Waals surface area (Å²) in [5, 5.41) is 10.4. The number of benzene rings is 2. The van der Waals surface area contributed by atoms with Crippen molar-refractivity contribution in [2.75, 3.05) is 4.90 Å². The van der Waals surface area contributed by atoms with Gasteiger partial charge in [-0.1, -0.05) is 41.9 Å². The lowest BCUT2D eigenvalue weighted by Gasteiger charge is -2.43. The average molecular weight is 505 g/mol. The van der Waals surface area contributed by atoms with Gasteiger partial charge in [0.05, 0.1) is 11.4 Å². The Labute approximate surface area is 213 Å². The number of aromatic nitrogens is 2. The predicted octanol–water partition coefficient (Wildman–Crippen LogP) is 5.62. The number of fused-ring (bicyclic) bond motifs is 1. The maximum absolute atomic E-state index is 14.0. The molecule has 35 heavy (non-hydrogen) atoms. The van der Waals surface area contributed by atoms with Gasteiger partial charge < -0.3 is 5.32 Å². The molecule has 0 aliphatic carbocycles. The number of nitrogens with zero attached hydrogens (tertiary/aromatic N) is 3. The van der Waals surface area contributed by atoms with Crippen molar-refractivity contribution < 1.29 is 9.59 Å². The van der Waals surface area contributed by atoms with Crippen LogP contribution in [-0.2, 0) is 17.9 Å². The van der Waals surface area contributed by atoms with Gasteiger partial charge in [-0.25, -0.2) is 0 Å². The van der Waals surface area contributed by atoms with Crippen molar-refractivity contribution in [3.8, 4) is 10.6 Å². The van der Waals surface area contributed by atoms with Crippen LogP contribution in [0.1, 0.15) is 34.1 Å². The summed E-state index contributed by atoms with van der Waals surface area (Å²) in [5.74, 6) is -0.495. The second kappa shape index (κ2) is 8.98. The number of nitrogens with one attached hydrogen (secondary N) is 1. The summed E-state index contributed by atoms with van der Waals surface area (Å²) in [6.45, 7) is 6.30. The number of carbonyl (C=O) groups is 2. The van der Waals surface area contributed by atoms with Gasteiger partial charge in [0.25, 0.3) is 5.91 Å². The number of halogens is 1. The molecule has 6 nitrogen and oxygen atoms in total. The van der Waals surface area contributed by atoms with Crippen LogP contribution in [0.4, 0.5) is 5.69 Å². The second-order valence-electron chi connectivity index (χ2n) is 9.06. The highest BCUT2D eigenvalue weighted by Gasteiger charge is 2.49. The number of carbonyl (C=O) groups excluding carboxylic acids is 2. The predicted molar refractivity (Wildman–Crippen MR) is 140 cm³/mol. The minimum atomic E-state index is -1.19. The van der Waals surface area contributed by atoms with E-state index in [1.165, 1.54) is 0 Å². The Balaban J connectivity index is 1.56. The van der Waals surface area contributed by atoms with Crippen LogP contribution >= 0.6 is 22.9 Å². The van der Waals surface area contributed by atoms with E-state index in [0.717, 1.165) is 32.9 Å². The standard InChI is InChI=1S/C27H25ClN4O2S/c1-17-6-7-18(2)22(13-17)32-25(33)23-14-21(24-5-4-12-35-24)30-31(23)16-27(32,3)26(34)29-15-19-8-10-20(28)11-9-19/h4-14H,15-16H2,1-3H3,(H,29,34)/t27-/m0/s1. The van der Waals surface area contributed by atoms with E-state index >= 15 is 0 Å². The molecule has 3 heterocycles. The first-order valence-electron chi connectivity index (χ1n) is 11.3. The first-order chi connectivity index (χ1) is 16.8. The maximum atomic E-state index is 14.0. The number of hydrogen-bond acceptors (Lipinski definition) is 4. The molecule has 1 aliphatic rings. The molecule has 0 fully saturated rings. The first-order valence-corrected chi connectivity index (χ1v) is 12.6. The van der Waals surface area contributed by atoms with Crippen LogP contribution in [0.5, 0.6) is 0 Å². The van der Waals surface area contributed by atoms with E-state index in [0.29, 0.717) is 17.3 Å². The fourth-order valence-electron chi connectivity index (χ4n) is 4.44. The maximum Gasteiger partial charge on any atom is 0.277 e. The van der Waals surface area contributed by atoms with E-state index in [1.807, 2.05) is 67.8 Å². The Morgan fingerprint density at radius 3 is 2.63 bits per heavy atom. The van der Waals surface area contributed by atoms with Crippen molar-refractivity contribution in [1.29, 1.82) is 0 Å². The van der Waals surface area contributed by atoms with E-state index in [4.69, 9.17) is 16.7 Å². The largest absolute Gasteiger partial charge is 0.350 e. The van der Waals surface area contributed by atoms with Crippen LogP contribution in [0, 0.1) is 13.8 Å². The molecule has 0 spiro atoms. The highest BCUT2D eigenvalue weighted by Crippen LogP contribution is 2.36. The minimum absolute atomic E-state index is 0.235. The zero-order valence-corrected chi connectivity index (χ0v) is 21.3. The number of anilines is 1. The zero-order valence-electron chi connectivity index (χ0n) is 19.7. The molecule has 1 atom stereocenters. The summed E-state index contributed by atoms with van der Waals surface area (Å²) >= 11 is 7.56. The van der Waals surface area contributed by atoms with Gasteiger partial charge in [-0.2, -0.15) is 5.10 Å². The number of thiophene rings is 1. The van der Waals surface area contributed by atoms with E-state index in [9.17, 15) is 9.59 Å². The third-order valence-electron chi connectivity index (χ3n) is 6.39. The molecule has 0 saturated carbocycles. The van der Waals surface area contributed by atoms with Crippen LogP contribution in [0.25, 0.3) is 10.6 Å². The smallest absolute Gasteiger partial charge is 0.277 e. The second-order valence-corrected chi connectivity index (χ2v) is 10.4. The third-order valence-corrected chi connectivity index (χ3v) is 7.53. The molecule has 2 amide bonds. The van der Waals surface area contributed by atoms with E-state index in [1.54, 1.807) is 40.0 Å². The molecule has 0 saturated heterocycles. The topological polar surface area (TPSA) is 67.2 Å². The van der Waals surface area contributed by atoms with Gasteiger partial charge >= 0.3 is 0 Å². The minimum Gasteiger partial charge on any atom is -0.350 e. The number of hydrogen-bond donors (Lipinski definition) is 1. The lowest BCUT2D eigenvalue weighted by molar-refractivity contribution is -0.126. The SMILES string of the molecule is Cc1ccc(C)c(N2C(=O)c3cc(-c4cccs4)nn3C[C@@]2(C)C(=O)NCc2ccc(Cl)cc2)c1. The molecular formula is C27H25ClN4O2S. The van der Waals surface area contributed by atoms with Gasteiger partial charge in [-0.3, -0.25) is 19.2 Å². The summed E-state index contributed by atoms with van der Waals surface area (Å²) < 4.78 is 1.67. The molecule has 178 valence electrons. The first kappa shape index (κ1) is 23.3.